The van der Waals surface area contributed by atoms with Gasteiger partial charge < -0.3 is 14.4 Å². The third-order valence-corrected chi connectivity index (χ3v) is 2.61. The highest BCUT2D eigenvalue weighted by molar-refractivity contribution is 6.03. The number of carbonyl (C=O) groups is 1. The van der Waals surface area contributed by atoms with Gasteiger partial charge in [-0.15, -0.1) is 0 Å². The lowest BCUT2D eigenvalue weighted by Crippen LogP contribution is -1.99. The number of ether oxygens (including phenoxy) is 1. The molecule has 4 heteroatoms. The Morgan fingerprint density at radius 3 is 2.88 bits per heavy atom. The standard InChI is InChI=1S/C12H13NO3/c1-13-6-8(7-16-2)9-4-3-5-10(11(9)13)12(14)15/h3-6H,7H2,1-2H3,(H,14,15). The van der Waals surface area contributed by atoms with Crippen molar-refractivity contribution in [2.45, 2.75) is 6.61 Å². The Kier molecular flexibility index (Phi) is 2.66. The van der Waals surface area contributed by atoms with E-state index in [0.717, 1.165) is 16.5 Å². The van der Waals surface area contributed by atoms with Gasteiger partial charge in [0.2, 0.25) is 0 Å². The van der Waals surface area contributed by atoms with E-state index in [9.17, 15) is 4.79 Å². The summed E-state index contributed by atoms with van der Waals surface area (Å²) in [6, 6.07) is 5.28. The van der Waals surface area contributed by atoms with E-state index in [1.807, 2.05) is 23.9 Å². The van der Waals surface area contributed by atoms with Gasteiger partial charge in [0, 0.05) is 31.3 Å². The Morgan fingerprint density at radius 2 is 2.25 bits per heavy atom. The van der Waals surface area contributed by atoms with Gasteiger partial charge in [-0.3, -0.25) is 0 Å². The average Bonchev–Trinajstić information content (AvgIpc) is 2.57. The van der Waals surface area contributed by atoms with Gasteiger partial charge in [-0.1, -0.05) is 12.1 Å². The summed E-state index contributed by atoms with van der Waals surface area (Å²) in [4.78, 5) is 11.1. The number of methoxy groups -OCH3 is 1. The fourth-order valence-corrected chi connectivity index (χ4v) is 1.99. The molecule has 0 aliphatic carbocycles. The zero-order valence-electron chi connectivity index (χ0n) is 9.23. The van der Waals surface area contributed by atoms with Crippen LogP contribution in [0.3, 0.4) is 0 Å². The number of rotatable bonds is 3. The Hall–Kier alpha value is -1.81. The molecule has 0 unspecified atom stereocenters. The number of carboxylic acids is 1. The highest BCUT2D eigenvalue weighted by Crippen LogP contribution is 2.24. The Balaban J connectivity index is 2.74. The molecular formula is C12H13NO3. The molecule has 84 valence electrons. The van der Waals surface area contributed by atoms with Crippen molar-refractivity contribution in [1.29, 1.82) is 0 Å². The van der Waals surface area contributed by atoms with Crippen LogP contribution in [0.25, 0.3) is 10.9 Å². The number of aromatic nitrogens is 1. The van der Waals surface area contributed by atoms with Crippen molar-refractivity contribution in [2.75, 3.05) is 7.11 Å². The van der Waals surface area contributed by atoms with Crippen LogP contribution >= 0.6 is 0 Å². The van der Waals surface area contributed by atoms with E-state index in [2.05, 4.69) is 0 Å². The van der Waals surface area contributed by atoms with Gasteiger partial charge in [-0.25, -0.2) is 4.79 Å². The maximum absolute atomic E-state index is 11.1. The van der Waals surface area contributed by atoms with E-state index in [-0.39, 0.29) is 0 Å². The fourth-order valence-electron chi connectivity index (χ4n) is 1.99. The summed E-state index contributed by atoms with van der Waals surface area (Å²) in [6.07, 6.45) is 1.90. The van der Waals surface area contributed by atoms with Crippen molar-refractivity contribution >= 4 is 16.9 Å². The van der Waals surface area contributed by atoms with Crippen molar-refractivity contribution < 1.29 is 14.6 Å². The second-order valence-electron chi connectivity index (χ2n) is 3.71. The molecule has 4 nitrogen and oxygen atoms in total. The van der Waals surface area contributed by atoms with Crippen LogP contribution in [0.4, 0.5) is 0 Å². The minimum absolute atomic E-state index is 0.322. The first kappa shape index (κ1) is 10.7. The summed E-state index contributed by atoms with van der Waals surface area (Å²) in [5.74, 6) is -0.907. The van der Waals surface area contributed by atoms with Crippen LogP contribution in [0.1, 0.15) is 15.9 Å². The monoisotopic (exact) mass is 219 g/mol. The third-order valence-electron chi connectivity index (χ3n) is 2.61. The first-order chi connectivity index (χ1) is 7.65. The molecule has 2 rings (SSSR count). The van der Waals surface area contributed by atoms with E-state index >= 15 is 0 Å². The molecule has 0 fully saturated rings. The van der Waals surface area contributed by atoms with Crippen LogP contribution in [-0.2, 0) is 18.4 Å². The fraction of sp³-hybridized carbons (Fsp3) is 0.250. The zero-order chi connectivity index (χ0) is 11.7. The average molecular weight is 219 g/mol. The van der Waals surface area contributed by atoms with Crippen molar-refractivity contribution in [3.63, 3.8) is 0 Å². The lowest BCUT2D eigenvalue weighted by Gasteiger charge is -2.01. The smallest absolute Gasteiger partial charge is 0.337 e. The van der Waals surface area contributed by atoms with E-state index in [1.165, 1.54) is 0 Å². The third kappa shape index (κ3) is 1.57. The van der Waals surface area contributed by atoms with Gasteiger partial charge in [-0.2, -0.15) is 0 Å². The highest BCUT2D eigenvalue weighted by atomic mass is 16.5. The number of nitrogens with zero attached hydrogens (tertiary/aromatic N) is 1. The maximum Gasteiger partial charge on any atom is 0.337 e. The molecule has 0 amide bonds. The molecule has 1 aromatic carbocycles. The van der Waals surface area contributed by atoms with E-state index < -0.39 is 5.97 Å². The molecule has 1 heterocycles. The Morgan fingerprint density at radius 1 is 1.50 bits per heavy atom. The van der Waals surface area contributed by atoms with Crippen LogP contribution in [0.5, 0.6) is 0 Å². The van der Waals surface area contributed by atoms with Gasteiger partial charge >= 0.3 is 5.97 Å². The molecule has 16 heavy (non-hydrogen) atoms. The van der Waals surface area contributed by atoms with Crippen molar-refractivity contribution in [2.24, 2.45) is 7.05 Å². The maximum atomic E-state index is 11.1. The number of carboxylic acid groups (broad SMARTS) is 1. The Labute approximate surface area is 93.1 Å². The predicted molar refractivity (Wildman–Crippen MR) is 60.6 cm³/mol. The number of hydrogen-bond donors (Lipinski definition) is 1. The molecular weight excluding hydrogens is 206 g/mol. The number of aryl methyl sites for hydroxylation is 1. The molecule has 0 radical (unpaired) electrons. The quantitative estimate of drug-likeness (QED) is 0.859. The first-order valence-electron chi connectivity index (χ1n) is 4.94. The summed E-state index contributed by atoms with van der Waals surface area (Å²) < 4.78 is 6.92. The zero-order valence-corrected chi connectivity index (χ0v) is 9.23. The number of para-hydroxylation sites is 1. The summed E-state index contributed by atoms with van der Waals surface area (Å²) in [7, 11) is 3.47. The van der Waals surface area contributed by atoms with E-state index in [0.29, 0.717) is 12.2 Å². The predicted octanol–water partition coefficient (Wildman–Crippen LogP) is 2.02. The second-order valence-corrected chi connectivity index (χ2v) is 3.71. The molecule has 0 saturated heterocycles. The van der Waals surface area contributed by atoms with Crippen LogP contribution in [0.2, 0.25) is 0 Å². The van der Waals surface area contributed by atoms with Crippen molar-refractivity contribution in [1.82, 2.24) is 4.57 Å². The van der Waals surface area contributed by atoms with E-state index in [4.69, 9.17) is 9.84 Å². The molecule has 0 spiro atoms. The SMILES string of the molecule is COCc1cn(C)c2c(C(=O)O)cccc12. The van der Waals surface area contributed by atoms with Gasteiger partial charge in [0.15, 0.2) is 0 Å². The number of benzene rings is 1. The van der Waals surface area contributed by atoms with Gasteiger partial charge in [0.05, 0.1) is 17.7 Å². The molecule has 0 bridgehead atoms. The second kappa shape index (κ2) is 3.98. The summed E-state index contributed by atoms with van der Waals surface area (Å²) in [5, 5.41) is 10.0. The number of aromatic carboxylic acids is 1. The van der Waals surface area contributed by atoms with Crippen LogP contribution in [-0.4, -0.2) is 22.8 Å². The van der Waals surface area contributed by atoms with Crippen LogP contribution < -0.4 is 0 Å². The van der Waals surface area contributed by atoms with E-state index in [1.54, 1.807) is 19.2 Å². The van der Waals surface area contributed by atoms with Crippen LogP contribution in [0, 0.1) is 0 Å². The minimum Gasteiger partial charge on any atom is -0.478 e. The lowest BCUT2D eigenvalue weighted by molar-refractivity contribution is 0.0698. The molecule has 0 atom stereocenters. The Bertz CT molecular complexity index is 542. The lowest BCUT2D eigenvalue weighted by atomic mass is 10.1. The molecule has 1 N–H and O–H groups in total. The summed E-state index contributed by atoms with van der Waals surface area (Å²) >= 11 is 0. The molecule has 0 saturated carbocycles. The van der Waals surface area contributed by atoms with Gasteiger partial charge in [-0.05, 0) is 6.07 Å². The highest BCUT2D eigenvalue weighted by Gasteiger charge is 2.13. The molecule has 1 aromatic heterocycles. The topological polar surface area (TPSA) is 51.5 Å². The van der Waals surface area contributed by atoms with Crippen molar-refractivity contribution in [3.8, 4) is 0 Å². The van der Waals surface area contributed by atoms with Crippen molar-refractivity contribution in [3.05, 3.63) is 35.5 Å². The molecule has 2 aromatic rings. The normalized spacial score (nSPS) is 10.9. The van der Waals surface area contributed by atoms with Gasteiger partial charge in [0.1, 0.15) is 0 Å². The number of hydrogen-bond acceptors (Lipinski definition) is 2. The largest absolute Gasteiger partial charge is 0.478 e. The molecule has 0 aliphatic heterocycles. The number of fused-ring (bicyclic) bond motifs is 1. The van der Waals surface area contributed by atoms with Gasteiger partial charge in [0.25, 0.3) is 0 Å². The summed E-state index contributed by atoms with van der Waals surface area (Å²) in [5.41, 5.74) is 2.06. The van der Waals surface area contributed by atoms with Crippen LogP contribution in [0.15, 0.2) is 24.4 Å². The first-order valence-corrected chi connectivity index (χ1v) is 4.94. The minimum atomic E-state index is -0.907. The summed E-state index contributed by atoms with van der Waals surface area (Å²) in [6.45, 7) is 0.487. The molecule has 0 aliphatic rings.